The molecule has 1 aromatic carbocycles. The van der Waals surface area contributed by atoms with Gasteiger partial charge in [-0.1, -0.05) is 30.7 Å². The van der Waals surface area contributed by atoms with E-state index in [2.05, 4.69) is 35.4 Å². The van der Waals surface area contributed by atoms with E-state index in [1.54, 1.807) is 0 Å². The van der Waals surface area contributed by atoms with E-state index in [1.807, 2.05) is 7.05 Å². The molecule has 0 aliphatic heterocycles. The minimum Gasteiger partial charge on any atom is -0.357 e. The molecular formula is C12H15ClN2. The van der Waals surface area contributed by atoms with E-state index in [1.165, 1.54) is 5.56 Å². The minimum absolute atomic E-state index is 0.845. The van der Waals surface area contributed by atoms with Gasteiger partial charge in [-0.25, -0.2) is 0 Å². The van der Waals surface area contributed by atoms with E-state index in [0.29, 0.717) is 0 Å². The lowest BCUT2D eigenvalue weighted by molar-refractivity contribution is 0.824. The Morgan fingerprint density at radius 1 is 1.40 bits per heavy atom. The minimum atomic E-state index is 0.845. The highest BCUT2D eigenvalue weighted by molar-refractivity contribution is 6.36. The van der Waals surface area contributed by atoms with Crippen molar-refractivity contribution in [1.29, 1.82) is 0 Å². The molecule has 1 aromatic heterocycles. The van der Waals surface area contributed by atoms with E-state index < -0.39 is 0 Å². The smallest absolute Gasteiger partial charge is 0.0695 e. The maximum atomic E-state index is 6.34. The molecule has 0 bridgehead atoms. The molecule has 0 atom stereocenters. The Labute approximate surface area is 94.6 Å². The number of rotatable bonds is 3. The summed E-state index contributed by atoms with van der Waals surface area (Å²) in [5, 5.41) is 5.19. The lowest BCUT2D eigenvalue weighted by Crippen LogP contribution is -2.05. The normalized spacial score (nSPS) is 11.1. The number of fused-ring (bicyclic) bond motifs is 1. The third kappa shape index (κ3) is 1.75. The van der Waals surface area contributed by atoms with Crippen molar-refractivity contribution in [3.8, 4) is 0 Å². The molecule has 2 rings (SSSR count). The number of benzene rings is 1. The highest BCUT2D eigenvalue weighted by Crippen LogP contribution is 2.30. The van der Waals surface area contributed by atoms with Crippen molar-refractivity contribution in [2.24, 2.45) is 0 Å². The Morgan fingerprint density at radius 3 is 2.87 bits per heavy atom. The fourth-order valence-corrected chi connectivity index (χ4v) is 2.32. The van der Waals surface area contributed by atoms with Crippen LogP contribution in [-0.4, -0.2) is 12.0 Å². The Bertz CT molecular complexity index is 474. The van der Waals surface area contributed by atoms with Crippen LogP contribution in [0.2, 0.25) is 5.02 Å². The Kier molecular flexibility index (Phi) is 2.98. The fraction of sp³-hybridized carbons (Fsp3) is 0.333. The summed E-state index contributed by atoms with van der Waals surface area (Å²) in [5.41, 5.74) is 3.50. The second kappa shape index (κ2) is 4.25. The predicted molar refractivity (Wildman–Crippen MR) is 65.5 cm³/mol. The van der Waals surface area contributed by atoms with Crippen LogP contribution in [0.4, 0.5) is 0 Å². The monoisotopic (exact) mass is 222 g/mol. The zero-order chi connectivity index (χ0) is 10.8. The van der Waals surface area contributed by atoms with Crippen LogP contribution in [0.1, 0.15) is 18.2 Å². The van der Waals surface area contributed by atoms with E-state index in [9.17, 15) is 0 Å². The molecule has 3 heteroatoms. The summed E-state index contributed by atoms with van der Waals surface area (Å²) in [4.78, 5) is 3.35. The van der Waals surface area contributed by atoms with E-state index in [-0.39, 0.29) is 0 Å². The topological polar surface area (TPSA) is 27.8 Å². The molecule has 0 spiro atoms. The number of hydrogen-bond donors (Lipinski definition) is 2. The molecular weight excluding hydrogens is 208 g/mol. The summed E-state index contributed by atoms with van der Waals surface area (Å²) in [5.74, 6) is 0. The SMILES string of the molecule is CCc1[nH]c2cccc(CNC)c2c1Cl. The molecule has 2 nitrogen and oxygen atoms in total. The van der Waals surface area contributed by atoms with Gasteiger partial charge in [0.1, 0.15) is 0 Å². The molecule has 15 heavy (non-hydrogen) atoms. The van der Waals surface area contributed by atoms with Gasteiger partial charge in [0.25, 0.3) is 0 Å². The van der Waals surface area contributed by atoms with Gasteiger partial charge in [-0.2, -0.15) is 0 Å². The van der Waals surface area contributed by atoms with E-state index >= 15 is 0 Å². The average molecular weight is 223 g/mol. The molecule has 2 aromatic rings. The number of hydrogen-bond acceptors (Lipinski definition) is 1. The Balaban J connectivity index is 2.67. The van der Waals surface area contributed by atoms with Crippen molar-refractivity contribution in [2.45, 2.75) is 19.9 Å². The van der Waals surface area contributed by atoms with Crippen LogP contribution < -0.4 is 5.32 Å². The van der Waals surface area contributed by atoms with Gasteiger partial charge in [0, 0.05) is 23.1 Å². The van der Waals surface area contributed by atoms with Gasteiger partial charge in [-0.15, -0.1) is 0 Å². The maximum Gasteiger partial charge on any atom is 0.0695 e. The number of halogens is 1. The number of aryl methyl sites for hydroxylation is 1. The van der Waals surface area contributed by atoms with Gasteiger partial charge < -0.3 is 10.3 Å². The van der Waals surface area contributed by atoms with Crippen molar-refractivity contribution in [2.75, 3.05) is 7.05 Å². The highest BCUT2D eigenvalue weighted by Gasteiger charge is 2.10. The van der Waals surface area contributed by atoms with Crippen LogP contribution >= 0.6 is 11.6 Å². The first-order valence-corrected chi connectivity index (χ1v) is 5.58. The standard InChI is InChI=1S/C12H15ClN2/c1-3-9-12(13)11-8(7-14-2)5-4-6-10(11)15-9/h4-6,14-15H,3,7H2,1-2H3. The molecule has 2 N–H and O–H groups in total. The summed E-state index contributed by atoms with van der Waals surface area (Å²) in [6, 6.07) is 6.23. The van der Waals surface area contributed by atoms with Crippen LogP contribution in [0.3, 0.4) is 0 Å². The van der Waals surface area contributed by atoms with Crippen LogP contribution in [0, 0.1) is 0 Å². The van der Waals surface area contributed by atoms with Gasteiger partial charge in [0.05, 0.1) is 5.02 Å². The van der Waals surface area contributed by atoms with Crippen molar-refractivity contribution in [3.63, 3.8) is 0 Å². The predicted octanol–water partition coefficient (Wildman–Crippen LogP) is 3.10. The molecule has 0 amide bonds. The van der Waals surface area contributed by atoms with Crippen LogP contribution in [0.15, 0.2) is 18.2 Å². The van der Waals surface area contributed by atoms with E-state index in [0.717, 1.165) is 34.6 Å². The molecule has 0 radical (unpaired) electrons. The first kappa shape index (κ1) is 10.5. The van der Waals surface area contributed by atoms with Crippen molar-refractivity contribution in [1.82, 2.24) is 10.3 Å². The number of H-pyrrole nitrogens is 1. The number of aromatic nitrogens is 1. The number of nitrogens with one attached hydrogen (secondary N) is 2. The zero-order valence-corrected chi connectivity index (χ0v) is 9.78. The van der Waals surface area contributed by atoms with Crippen LogP contribution in [0.5, 0.6) is 0 Å². The Morgan fingerprint density at radius 2 is 2.20 bits per heavy atom. The molecule has 0 unspecified atom stereocenters. The summed E-state index contributed by atoms with van der Waals surface area (Å²) in [6.07, 6.45) is 0.937. The van der Waals surface area contributed by atoms with E-state index in [4.69, 9.17) is 11.6 Å². The first-order valence-electron chi connectivity index (χ1n) is 5.20. The van der Waals surface area contributed by atoms with Crippen LogP contribution in [0.25, 0.3) is 10.9 Å². The van der Waals surface area contributed by atoms with Gasteiger partial charge in [0.15, 0.2) is 0 Å². The molecule has 0 aliphatic rings. The molecule has 0 saturated heterocycles. The lowest BCUT2D eigenvalue weighted by Gasteiger charge is -2.02. The van der Waals surface area contributed by atoms with Gasteiger partial charge >= 0.3 is 0 Å². The summed E-state index contributed by atoms with van der Waals surface area (Å²) >= 11 is 6.34. The average Bonchev–Trinajstić information content (AvgIpc) is 2.57. The van der Waals surface area contributed by atoms with Crippen molar-refractivity contribution < 1.29 is 0 Å². The quantitative estimate of drug-likeness (QED) is 0.821. The van der Waals surface area contributed by atoms with Crippen molar-refractivity contribution in [3.05, 3.63) is 34.5 Å². The van der Waals surface area contributed by atoms with Crippen molar-refractivity contribution >= 4 is 22.5 Å². The summed E-state index contributed by atoms with van der Waals surface area (Å²) < 4.78 is 0. The molecule has 0 aliphatic carbocycles. The third-order valence-electron chi connectivity index (χ3n) is 2.64. The second-order valence-corrected chi connectivity index (χ2v) is 4.02. The highest BCUT2D eigenvalue weighted by atomic mass is 35.5. The van der Waals surface area contributed by atoms with Gasteiger partial charge in [0.2, 0.25) is 0 Å². The van der Waals surface area contributed by atoms with Crippen LogP contribution in [-0.2, 0) is 13.0 Å². The lowest BCUT2D eigenvalue weighted by atomic mass is 10.1. The van der Waals surface area contributed by atoms with Gasteiger partial charge in [-0.05, 0) is 25.1 Å². The summed E-state index contributed by atoms with van der Waals surface area (Å²) in [7, 11) is 1.94. The number of aromatic amines is 1. The first-order chi connectivity index (χ1) is 7.27. The molecule has 80 valence electrons. The zero-order valence-electron chi connectivity index (χ0n) is 9.02. The molecule has 0 fully saturated rings. The fourth-order valence-electron chi connectivity index (χ4n) is 1.91. The third-order valence-corrected chi connectivity index (χ3v) is 3.06. The Hall–Kier alpha value is -0.990. The maximum absolute atomic E-state index is 6.34. The summed E-state index contributed by atoms with van der Waals surface area (Å²) in [6.45, 7) is 2.95. The molecule has 1 heterocycles. The second-order valence-electron chi connectivity index (χ2n) is 3.64. The van der Waals surface area contributed by atoms with Gasteiger partial charge in [-0.3, -0.25) is 0 Å². The molecule has 0 saturated carbocycles. The largest absolute Gasteiger partial charge is 0.357 e.